The highest BCUT2D eigenvalue weighted by Crippen LogP contribution is 2.23. The maximum Gasteiger partial charge on any atom is 0.253 e. The zero-order valence-corrected chi connectivity index (χ0v) is 11.5. The zero-order chi connectivity index (χ0) is 13.1. The molecule has 1 heterocycles. The predicted octanol–water partition coefficient (Wildman–Crippen LogP) is 3.01. The Bertz CT molecular complexity index is 434. The summed E-state index contributed by atoms with van der Waals surface area (Å²) in [5.74, 6) is 0.837. The second-order valence-corrected chi connectivity index (χ2v) is 5.58. The maximum absolute atomic E-state index is 12.2. The average molecular weight is 246 g/mol. The molecule has 3 heteroatoms. The van der Waals surface area contributed by atoms with Crippen molar-refractivity contribution in [2.24, 2.45) is 5.92 Å². The van der Waals surface area contributed by atoms with Gasteiger partial charge in [-0.25, -0.2) is 0 Å². The number of nitrogens with one attached hydrogen (secondary N) is 1. The molecule has 2 rings (SSSR count). The number of aryl methyl sites for hydroxylation is 2. The van der Waals surface area contributed by atoms with Crippen LogP contribution in [0.25, 0.3) is 0 Å². The van der Waals surface area contributed by atoms with Crippen molar-refractivity contribution < 1.29 is 4.79 Å². The minimum absolute atomic E-state index is 0.0308. The molecule has 0 saturated heterocycles. The van der Waals surface area contributed by atoms with Gasteiger partial charge in [0.1, 0.15) is 0 Å². The molecule has 1 fully saturated rings. The summed E-state index contributed by atoms with van der Waals surface area (Å²) in [6.45, 7) is 6.13. The Balaban J connectivity index is 2.01. The number of carbonyl (C=O) groups is 1. The third-order valence-electron chi connectivity index (χ3n) is 3.82. The molecule has 3 nitrogen and oxygen atoms in total. The lowest BCUT2D eigenvalue weighted by molar-refractivity contribution is 0.0922. The van der Waals surface area contributed by atoms with Crippen LogP contribution in [0.5, 0.6) is 0 Å². The molecule has 0 atom stereocenters. The van der Waals surface area contributed by atoms with Crippen molar-refractivity contribution in [3.8, 4) is 0 Å². The molecule has 0 radical (unpaired) electrons. The van der Waals surface area contributed by atoms with Crippen LogP contribution in [0.2, 0.25) is 0 Å². The van der Waals surface area contributed by atoms with Crippen LogP contribution >= 0.6 is 0 Å². The Hall–Kier alpha value is -1.38. The molecule has 1 aromatic heterocycles. The molecule has 1 saturated carbocycles. The van der Waals surface area contributed by atoms with Crippen LogP contribution in [0, 0.1) is 19.8 Å². The van der Waals surface area contributed by atoms with Crippen molar-refractivity contribution in [3.63, 3.8) is 0 Å². The summed E-state index contributed by atoms with van der Waals surface area (Å²) >= 11 is 0. The molecule has 1 amide bonds. The van der Waals surface area contributed by atoms with Crippen LogP contribution in [0.3, 0.4) is 0 Å². The highest BCUT2D eigenvalue weighted by atomic mass is 16.1. The third kappa shape index (κ3) is 3.09. The van der Waals surface area contributed by atoms with E-state index in [0.717, 1.165) is 30.0 Å². The Labute approximate surface area is 109 Å². The number of hydrogen-bond acceptors (Lipinski definition) is 2. The summed E-state index contributed by atoms with van der Waals surface area (Å²) in [5, 5.41) is 3.14. The van der Waals surface area contributed by atoms with E-state index in [1.165, 1.54) is 12.8 Å². The maximum atomic E-state index is 12.2. The molecule has 18 heavy (non-hydrogen) atoms. The van der Waals surface area contributed by atoms with Crippen molar-refractivity contribution >= 4 is 5.91 Å². The van der Waals surface area contributed by atoms with Gasteiger partial charge in [0, 0.05) is 17.9 Å². The van der Waals surface area contributed by atoms with Gasteiger partial charge >= 0.3 is 0 Å². The molecule has 98 valence electrons. The van der Waals surface area contributed by atoms with E-state index in [4.69, 9.17) is 0 Å². The van der Waals surface area contributed by atoms with Gasteiger partial charge in [0.25, 0.3) is 5.91 Å². The summed E-state index contributed by atoms with van der Waals surface area (Å²) < 4.78 is 0. The molecule has 1 N–H and O–H groups in total. The lowest BCUT2D eigenvalue weighted by atomic mass is 9.87. The minimum Gasteiger partial charge on any atom is -0.349 e. The number of nitrogens with zero attached hydrogens (tertiary/aromatic N) is 1. The first-order valence-electron chi connectivity index (χ1n) is 6.80. The molecule has 0 spiro atoms. The Morgan fingerprint density at radius 2 is 1.94 bits per heavy atom. The summed E-state index contributed by atoms with van der Waals surface area (Å²) in [7, 11) is 0. The molecule has 0 aromatic carbocycles. The number of pyridine rings is 1. The first-order valence-corrected chi connectivity index (χ1v) is 6.80. The lowest BCUT2D eigenvalue weighted by Gasteiger charge is -2.27. The van der Waals surface area contributed by atoms with Gasteiger partial charge in [0.05, 0.1) is 5.56 Å². The lowest BCUT2D eigenvalue weighted by Crippen LogP contribution is -2.37. The topological polar surface area (TPSA) is 42.0 Å². The Morgan fingerprint density at radius 1 is 1.28 bits per heavy atom. The fourth-order valence-electron chi connectivity index (χ4n) is 2.53. The van der Waals surface area contributed by atoms with Crippen molar-refractivity contribution in [1.82, 2.24) is 10.3 Å². The monoisotopic (exact) mass is 246 g/mol. The fourth-order valence-corrected chi connectivity index (χ4v) is 2.53. The Kier molecular flexibility index (Phi) is 4.00. The summed E-state index contributed by atoms with van der Waals surface area (Å²) in [5.41, 5.74) is 2.55. The standard InChI is InChI=1S/C15H22N2O/c1-10-4-6-13(7-5-10)17-15(18)14-8-11(2)9-16-12(14)3/h8-10,13H,4-7H2,1-3H3,(H,17,18)/t10-,13-. The molecular formula is C15H22N2O. The zero-order valence-electron chi connectivity index (χ0n) is 11.5. The number of amides is 1. The van der Waals surface area contributed by atoms with E-state index in [1.54, 1.807) is 6.20 Å². The molecule has 1 aliphatic rings. The second kappa shape index (κ2) is 5.51. The van der Waals surface area contributed by atoms with Crippen molar-refractivity contribution in [3.05, 3.63) is 29.1 Å². The van der Waals surface area contributed by atoms with Crippen LogP contribution in [0.1, 0.15) is 54.2 Å². The first kappa shape index (κ1) is 13.1. The normalized spacial score (nSPS) is 23.7. The van der Waals surface area contributed by atoms with Crippen molar-refractivity contribution in [2.75, 3.05) is 0 Å². The van der Waals surface area contributed by atoms with Gasteiger partial charge in [-0.1, -0.05) is 6.92 Å². The van der Waals surface area contributed by atoms with Gasteiger partial charge in [-0.05, 0) is 57.1 Å². The van der Waals surface area contributed by atoms with E-state index in [-0.39, 0.29) is 5.91 Å². The van der Waals surface area contributed by atoms with Gasteiger partial charge < -0.3 is 5.32 Å². The predicted molar refractivity (Wildman–Crippen MR) is 72.6 cm³/mol. The van der Waals surface area contributed by atoms with Gasteiger partial charge in [-0.15, -0.1) is 0 Å². The average Bonchev–Trinajstić information content (AvgIpc) is 2.35. The number of rotatable bonds is 2. The minimum atomic E-state index is 0.0308. The van der Waals surface area contributed by atoms with Gasteiger partial charge in [-0.3, -0.25) is 9.78 Å². The van der Waals surface area contributed by atoms with Crippen molar-refractivity contribution in [1.29, 1.82) is 0 Å². The van der Waals surface area contributed by atoms with Crippen molar-refractivity contribution in [2.45, 2.75) is 52.5 Å². The second-order valence-electron chi connectivity index (χ2n) is 5.58. The fraction of sp³-hybridized carbons (Fsp3) is 0.600. The van der Waals surface area contributed by atoms with E-state index in [2.05, 4.69) is 17.2 Å². The molecule has 0 unspecified atom stereocenters. The smallest absolute Gasteiger partial charge is 0.253 e. The van der Waals surface area contributed by atoms with Crippen LogP contribution in [0.4, 0.5) is 0 Å². The van der Waals surface area contributed by atoms with Crippen LogP contribution < -0.4 is 5.32 Å². The number of carbonyl (C=O) groups excluding carboxylic acids is 1. The molecule has 0 aliphatic heterocycles. The molecular weight excluding hydrogens is 224 g/mol. The highest BCUT2D eigenvalue weighted by molar-refractivity contribution is 5.95. The van der Waals surface area contributed by atoms with Gasteiger partial charge in [0.15, 0.2) is 0 Å². The summed E-state index contributed by atoms with van der Waals surface area (Å²) in [4.78, 5) is 16.5. The summed E-state index contributed by atoms with van der Waals surface area (Å²) in [6.07, 6.45) is 6.44. The molecule has 1 aromatic rings. The van der Waals surface area contributed by atoms with E-state index in [0.29, 0.717) is 11.6 Å². The van der Waals surface area contributed by atoms with Gasteiger partial charge in [0.2, 0.25) is 0 Å². The Morgan fingerprint density at radius 3 is 2.61 bits per heavy atom. The SMILES string of the molecule is Cc1cnc(C)c(C(=O)N[C@H]2CC[C@H](C)CC2)c1. The van der Waals surface area contributed by atoms with Crippen LogP contribution in [-0.4, -0.2) is 16.9 Å². The van der Waals surface area contributed by atoms with E-state index in [1.807, 2.05) is 19.9 Å². The van der Waals surface area contributed by atoms with E-state index < -0.39 is 0 Å². The van der Waals surface area contributed by atoms with E-state index >= 15 is 0 Å². The quantitative estimate of drug-likeness (QED) is 0.871. The first-order chi connectivity index (χ1) is 8.56. The molecule has 1 aliphatic carbocycles. The number of aromatic nitrogens is 1. The third-order valence-corrected chi connectivity index (χ3v) is 3.82. The van der Waals surface area contributed by atoms with E-state index in [9.17, 15) is 4.79 Å². The van der Waals surface area contributed by atoms with Gasteiger partial charge in [-0.2, -0.15) is 0 Å². The number of hydrogen-bond donors (Lipinski definition) is 1. The highest BCUT2D eigenvalue weighted by Gasteiger charge is 2.21. The van der Waals surface area contributed by atoms with Crippen LogP contribution in [0.15, 0.2) is 12.3 Å². The largest absolute Gasteiger partial charge is 0.349 e. The van der Waals surface area contributed by atoms with Crippen LogP contribution in [-0.2, 0) is 0 Å². The summed E-state index contributed by atoms with van der Waals surface area (Å²) in [6, 6.07) is 2.26. The molecule has 0 bridgehead atoms.